The van der Waals surface area contributed by atoms with E-state index in [2.05, 4.69) is 49.2 Å². The van der Waals surface area contributed by atoms with Gasteiger partial charge in [0.1, 0.15) is 5.82 Å². The van der Waals surface area contributed by atoms with Crippen LogP contribution in [0.1, 0.15) is 27.2 Å². The van der Waals surface area contributed by atoms with Gasteiger partial charge in [0.25, 0.3) is 0 Å². The highest BCUT2D eigenvalue weighted by Gasteiger charge is 2.28. The number of anilines is 1. The molecule has 0 aromatic carbocycles. The van der Waals surface area contributed by atoms with Crippen LogP contribution < -0.4 is 5.32 Å². The Kier molecular flexibility index (Phi) is 3.72. The summed E-state index contributed by atoms with van der Waals surface area (Å²) in [5.41, 5.74) is 0. The SMILES string of the molecule is CCn1ccc(NC2CC(C)N(C)CC2C)n1. The number of nitrogens with one attached hydrogen (secondary N) is 1. The molecular weight excluding hydrogens is 212 g/mol. The lowest BCUT2D eigenvalue weighted by Crippen LogP contribution is -2.48. The second-order valence-corrected chi connectivity index (χ2v) is 5.31. The van der Waals surface area contributed by atoms with E-state index in [1.165, 1.54) is 6.42 Å². The fourth-order valence-electron chi connectivity index (χ4n) is 2.55. The molecule has 3 unspecified atom stereocenters. The Morgan fingerprint density at radius 1 is 1.47 bits per heavy atom. The van der Waals surface area contributed by atoms with Gasteiger partial charge in [-0.2, -0.15) is 5.10 Å². The highest BCUT2D eigenvalue weighted by molar-refractivity contribution is 5.34. The highest BCUT2D eigenvalue weighted by atomic mass is 15.3. The van der Waals surface area contributed by atoms with E-state index in [0.29, 0.717) is 18.0 Å². The monoisotopic (exact) mass is 236 g/mol. The molecule has 0 bridgehead atoms. The van der Waals surface area contributed by atoms with Crippen LogP contribution in [0.4, 0.5) is 5.82 Å². The van der Waals surface area contributed by atoms with Crippen molar-refractivity contribution in [2.24, 2.45) is 5.92 Å². The summed E-state index contributed by atoms with van der Waals surface area (Å²) in [5.74, 6) is 1.68. The summed E-state index contributed by atoms with van der Waals surface area (Å²) in [4.78, 5) is 2.44. The molecule has 1 aromatic rings. The van der Waals surface area contributed by atoms with E-state index in [9.17, 15) is 0 Å². The molecule has 2 heterocycles. The van der Waals surface area contributed by atoms with E-state index < -0.39 is 0 Å². The minimum atomic E-state index is 0.543. The minimum Gasteiger partial charge on any atom is -0.365 e. The molecule has 1 fully saturated rings. The topological polar surface area (TPSA) is 33.1 Å². The van der Waals surface area contributed by atoms with Crippen LogP contribution in [0, 0.1) is 5.92 Å². The fraction of sp³-hybridized carbons (Fsp3) is 0.769. The molecule has 1 N–H and O–H groups in total. The van der Waals surface area contributed by atoms with Crippen LogP contribution in [-0.2, 0) is 6.54 Å². The number of likely N-dealkylation sites (tertiary alicyclic amines) is 1. The largest absolute Gasteiger partial charge is 0.365 e. The Labute approximate surface area is 104 Å². The van der Waals surface area contributed by atoms with Crippen LogP contribution in [0.25, 0.3) is 0 Å². The molecule has 2 rings (SSSR count). The van der Waals surface area contributed by atoms with Crippen molar-refractivity contribution < 1.29 is 0 Å². The quantitative estimate of drug-likeness (QED) is 0.872. The first-order valence-corrected chi connectivity index (χ1v) is 6.60. The second-order valence-electron chi connectivity index (χ2n) is 5.31. The molecule has 0 spiro atoms. The van der Waals surface area contributed by atoms with Crippen LogP contribution in [0.3, 0.4) is 0 Å². The zero-order valence-electron chi connectivity index (χ0n) is 11.3. The van der Waals surface area contributed by atoms with Crippen molar-refractivity contribution in [3.05, 3.63) is 12.3 Å². The Bertz CT molecular complexity index is 360. The molecule has 1 aromatic heterocycles. The molecular formula is C13H24N4. The molecule has 1 aliphatic rings. The van der Waals surface area contributed by atoms with Crippen LogP contribution in [0.15, 0.2) is 12.3 Å². The Morgan fingerprint density at radius 2 is 2.24 bits per heavy atom. The first kappa shape index (κ1) is 12.4. The van der Waals surface area contributed by atoms with Crippen molar-refractivity contribution in [3.8, 4) is 0 Å². The van der Waals surface area contributed by atoms with Crippen molar-refractivity contribution in [1.29, 1.82) is 0 Å². The number of rotatable bonds is 3. The summed E-state index contributed by atoms with van der Waals surface area (Å²) >= 11 is 0. The van der Waals surface area contributed by atoms with Gasteiger partial charge in [0.15, 0.2) is 0 Å². The Morgan fingerprint density at radius 3 is 2.88 bits per heavy atom. The molecule has 0 radical (unpaired) electrons. The third-order valence-electron chi connectivity index (χ3n) is 3.91. The van der Waals surface area contributed by atoms with Gasteiger partial charge < -0.3 is 10.2 Å². The molecule has 0 aliphatic carbocycles. The summed E-state index contributed by atoms with van der Waals surface area (Å²) in [7, 11) is 2.21. The number of nitrogens with zero attached hydrogens (tertiary/aromatic N) is 3. The smallest absolute Gasteiger partial charge is 0.148 e. The Hall–Kier alpha value is -1.03. The average molecular weight is 236 g/mol. The number of hydrogen-bond acceptors (Lipinski definition) is 3. The van der Waals surface area contributed by atoms with Crippen LogP contribution in [0.5, 0.6) is 0 Å². The van der Waals surface area contributed by atoms with Gasteiger partial charge in [0, 0.05) is 37.4 Å². The van der Waals surface area contributed by atoms with Gasteiger partial charge in [-0.25, -0.2) is 0 Å². The van der Waals surface area contributed by atoms with Gasteiger partial charge in [-0.15, -0.1) is 0 Å². The molecule has 96 valence electrons. The van der Waals surface area contributed by atoms with E-state index in [0.717, 1.165) is 18.9 Å². The van der Waals surface area contributed by atoms with Crippen molar-refractivity contribution in [2.45, 2.75) is 45.8 Å². The summed E-state index contributed by atoms with van der Waals surface area (Å²) in [6, 6.07) is 3.26. The molecule has 0 amide bonds. The first-order valence-electron chi connectivity index (χ1n) is 6.60. The number of aryl methyl sites for hydroxylation is 1. The van der Waals surface area contributed by atoms with Gasteiger partial charge >= 0.3 is 0 Å². The molecule has 4 nitrogen and oxygen atoms in total. The van der Waals surface area contributed by atoms with Crippen molar-refractivity contribution in [2.75, 3.05) is 18.9 Å². The van der Waals surface area contributed by atoms with Crippen molar-refractivity contribution in [3.63, 3.8) is 0 Å². The normalized spacial score (nSPS) is 30.5. The number of piperidine rings is 1. The molecule has 4 heteroatoms. The van der Waals surface area contributed by atoms with Gasteiger partial charge in [-0.3, -0.25) is 4.68 Å². The number of aromatic nitrogens is 2. The second kappa shape index (κ2) is 5.08. The van der Waals surface area contributed by atoms with E-state index in [1.54, 1.807) is 0 Å². The zero-order chi connectivity index (χ0) is 12.4. The van der Waals surface area contributed by atoms with Crippen LogP contribution >= 0.6 is 0 Å². The van der Waals surface area contributed by atoms with E-state index >= 15 is 0 Å². The van der Waals surface area contributed by atoms with Crippen LogP contribution in [0.2, 0.25) is 0 Å². The standard InChI is InChI=1S/C13H24N4/c1-5-17-7-6-13(15-17)14-12-8-11(3)16(4)9-10(12)2/h6-7,10-12H,5,8-9H2,1-4H3,(H,14,15). The van der Waals surface area contributed by atoms with Crippen molar-refractivity contribution in [1.82, 2.24) is 14.7 Å². The summed E-state index contributed by atoms with van der Waals surface area (Å²) in [5, 5.41) is 8.07. The molecule has 3 atom stereocenters. The highest BCUT2D eigenvalue weighted by Crippen LogP contribution is 2.23. The molecule has 1 aliphatic heterocycles. The summed E-state index contributed by atoms with van der Waals surface area (Å²) < 4.78 is 1.96. The van der Waals surface area contributed by atoms with Gasteiger partial charge in [0.05, 0.1) is 0 Å². The first-order chi connectivity index (χ1) is 8.10. The van der Waals surface area contributed by atoms with Crippen LogP contribution in [-0.4, -0.2) is 40.4 Å². The predicted molar refractivity (Wildman–Crippen MR) is 71.2 cm³/mol. The fourth-order valence-corrected chi connectivity index (χ4v) is 2.55. The van der Waals surface area contributed by atoms with E-state index in [4.69, 9.17) is 0 Å². The molecule has 17 heavy (non-hydrogen) atoms. The maximum atomic E-state index is 4.49. The maximum Gasteiger partial charge on any atom is 0.148 e. The minimum absolute atomic E-state index is 0.543. The van der Waals surface area contributed by atoms with Gasteiger partial charge in [0.2, 0.25) is 0 Å². The predicted octanol–water partition coefficient (Wildman–Crippen LogP) is 2.04. The van der Waals surface area contributed by atoms with E-state index in [1.807, 2.05) is 10.9 Å². The van der Waals surface area contributed by atoms with Gasteiger partial charge in [-0.05, 0) is 33.2 Å². The van der Waals surface area contributed by atoms with Gasteiger partial charge in [-0.1, -0.05) is 6.92 Å². The average Bonchev–Trinajstić information content (AvgIpc) is 2.73. The number of hydrogen-bond donors (Lipinski definition) is 1. The lowest BCUT2D eigenvalue weighted by molar-refractivity contribution is 0.145. The Balaban J connectivity index is 1.98. The summed E-state index contributed by atoms with van der Waals surface area (Å²) in [6.07, 6.45) is 3.22. The van der Waals surface area contributed by atoms with Crippen molar-refractivity contribution >= 4 is 5.82 Å². The molecule has 1 saturated heterocycles. The third-order valence-corrected chi connectivity index (χ3v) is 3.91. The molecule has 0 saturated carbocycles. The zero-order valence-corrected chi connectivity index (χ0v) is 11.3. The maximum absolute atomic E-state index is 4.49. The lowest BCUT2D eigenvalue weighted by atomic mass is 9.90. The summed E-state index contributed by atoms with van der Waals surface area (Å²) in [6.45, 7) is 8.81. The van der Waals surface area contributed by atoms with E-state index in [-0.39, 0.29) is 0 Å². The third kappa shape index (κ3) is 2.80. The lowest BCUT2D eigenvalue weighted by Gasteiger charge is -2.40.